The van der Waals surface area contributed by atoms with E-state index >= 15 is 0 Å². The lowest BCUT2D eigenvalue weighted by Gasteiger charge is -1.97. The highest BCUT2D eigenvalue weighted by molar-refractivity contribution is 7.97. The van der Waals surface area contributed by atoms with Crippen LogP contribution >= 0.6 is 11.9 Å². The summed E-state index contributed by atoms with van der Waals surface area (Å²) in [7, 11) is 0. The molecule has 62 valence electrons. The molecule has 0 fully saturated rings. The summed E-state index contributed by atoms with van der Waals surface area (Å²) in [6.07, 6.45) is 8.20. The molecule has 0 bridgehead atoms. The Morgan fingerprint density at radius 2 is 1.60 bits per heavy atom. The predicted molar refractivity (Wildman–Crippen MR) is 50.0 cm³/mol. The van der Waals surface area contributed by atoms with E-state index in [1.54, 1.807) is 0 Å². The standard InChI is InChI=1S/C8H19NS/c1-2-3-4-5-6-7-8-10-9/h2-9H2,1H3. The highest BCUT2D eigenvalue weighted by Crippen LogP contribution is 2.06. The maximum Gasteiger partial charge on any atom is 0.00764 e. The molecule has 10 heavy (non-hydrogen) atoms. The highest BCUT2D eigenvalue weighted by Gasteiger charge is 1.87. The van der Waals surface area contributed by atoms with Crippen LogP contribution in [-0.2, 0) is 0 Å². The summed E-state index contributed by atoms with van der Waals surface area (Å²) in [5.41, 5.74) is 0. The Morgan fingerprint density at radius 1 is 1.00 bits per heavy atom. The van der Waals surface area contributed by atoms with Crippen LogP contribution in [-0.4, -0.2) is 5.75 Å². The summed E-state index contributed by atoms with van der Waals surface area (Å²) in [4.78, 5) is 0. The van der Waals surface area contributed by atoms with Crippen molar-refractivity contribution in [2.24, 2.45) is 5.14 Å². The van der Waals surface area contributed by atoms with Crippen molar-refractivity contribution in [3.63, 3.8) is 0 Å². The van der Waals surface area contributed by atoms with Crippen molar-refractivity contribution in [3.8, 4) is 0 Å². The Hall–Kier alpha value is 0.310. The van der Waals surface area contributed by atoms with Crippen molar-refractivity contribution in [3.05, 3.63) is 0 Å². The van der Waals surface area contributed by atoms with Crippen LogP contribution in [0, 0.1) is 0 Å². The van der Waals surface area contributed by atoms with Gasteiger partial charge in [0.05, 0.1) is 0 Å². The molecule has 0 amide bonds. The minimum atomic E-state index is 1.13. The maximum absolute atomic E-state index is 5.29. The van der Waals surface area contributed by atoms with E-state index in [-0.39, 0.29) is 0 Å². The number of unbranched alkanes of at least 4 members (excludes halogenated alkanes) is 5. The Morgan fingerprint density at radius 3 is 2.20 bits per heavy atom. The van der Waals surface area contributed by atoms with Crippen LogP contribution in [0.4, 0.5) is 0 Å². The van der Waals surface area contributed by atoms with E-state index in [0.29, 0.717) is 0 Å². The molecule has 0 aliphatic rings. The molecule has 2 N–H and O–H groups in total. The smallest absolute Gasteiger partial charge is 0.00764 e. The minimum absolute atomic E-state index is 1.13. The zero-order valence-electron chi connectivity index (χ0n) is 6.94. The summed E-state index contributed by atoms with van der Waals surface area (Å²) >= 11 is 1.47. The van der Waals surface area contributed by atoms with E-state index < -0.39 is 0 Å². The second-order valence-corrected chi connectivity index (χ2v) is 3.38. The van der Waals surface area contributed by atoms with Crippen LogP contribution in [0.25, 0.3) is 0 Å². The van der Waals surface area contributed by atoms with Crippen molar-refractivity contribution < 1.29 is 0 Å². The van der Waals surface area contributed by atoms with Crippen molar-refractivity contribution in [1.29, 1.82) is 0 Å². The first-order valence-electron chi connectivity index (χ1n) is 4.23. The van der Waals surface area contributed by atoms with Crippen molar-refractivity contribution >= 4 is 11.9 Å². The van der Waals surface area contributed by atoms with Gasteiger partial charge in [-0.25, -0.2) is 0 Å². The average molecular weight is 161 g/mol. The molecule has 0 heterocycles. The van der Waals surface area contributed by atoms with Gasteiger partial charge in [0.15, 0.2) is 0 Å². The molecule has 0 aliphatic carbocycles. The molecule has 0 unspecified atom stereocenters. The third kappa shape index (κ3) is 8.31. The van der Waals surface area contributed by atoms with Crippen molar-refractivity contribution in [2.45, 2.75) is 45.4 Å². The van der Waals surface area contributed by atoms with Gasteiger partial charge in [-0.1, -0.05) is 51.0 Å². The number of nitrogens with two attached hydrogens (primary N) is 1. The van der Waals surface area contributed by atoms with E-state index in [1.165, 1.54) is 50.5 Å². The zero-order chi connectivity index (χ0) is 7.66. The first-order chi connectivity index (χ1) is 4.91. The van der Waals surface area contributed by atoms with Crippen LogP contribution in [0.1, 0.15) is 45.4 Å². The van der Waals surface area contributed by atoms with Gasteiger partial charge in [0.25, 0.3) is 0 Å². The third-order valence-electron chi connectivity index (χ3n) is 1.62. The quantitative estimate of drug-likeness (QED) is 0.459. The monoisotopic (exact) mass is 161 g/mol. The lowest BCUT2D eigenvalue weighted by molar-refractivity contribution is 0.627. The topological polar surface area (TPSA) is 26.0 Å². The van der Waals surface area contributed by atoms with Crippen molar-refractivity contribution in [2.75, 3.05) is 5.75 Å². The van der Waals surface area contributed by atoms with E-state index in [0.717, 1.165) is 5.75 Å². The Balaban J connectivity index is 2.65. The van der Waals surface area contributed by atoms with Gasteiger partial charge in [0, 0.05) is 5.75 Å². The molecule has 1 nitrogen and oxygen atoms in total. The fraction of sp³-hybridized carbons (Fsp3) is 1.00. The summed E-state index contributed by atoms with van der Waals surface area (Å²) in [6, 6.07) is 0. The van der Waals surface area contributed by atoms with Crippen LogP contribution in [0.5, 0.6) is 0 Å². The molecule has 0 atom stereocenters. The Labute approximate surface area is 68.9 Å². The maximum atomic E-state index is 5.29. The molecule has 0 radical (unpaired) electrons. The average Bonchev–Trinajstić information content (AvgIpc) is 1.97. The lowest BCUT2D eigenvalue weighted by atomic mass is 10.1. The summed E-state index contributed by atoms with van der Waals surface area (Å²) < 4.78 is 0. The van der Waals surface area contributed by atoms with E-state index in [2.05, 4.69) is 6.92 Å². The summed E-state index contributed by atoms with van der Waals surface area (Å²) in [6.45, 7) is 2.25. The molecule has 0 spiro atoms. The summed E-state index contributed by atoms with van der Waals surface area (Å²) in [5, 5.41) is 5.29. The van der Waals surface area contributed by atoms with Gasteiger partial charge in [-0.05, 0) is 6.42 Å². The van der Waals surface area contributed by atoms with Gasteiger partial charge in [0.2, 0.25) is 0 Å². The minimum Gasteiger partial charge on any atom is -0.278 e. The number of rotatable bonds is 7. The highest BCUT2D eigenvalue weighted by atomic mass is 32.2. The van der Waals surface area contributed by atoms with E-state index in [4.69, 9.17) is 5.14 Å². The van der Waals surface area contributed by atoms with Gasteiger partial charge < -0.3 is 0 Å². The molecular weight excluding hydrogens is 142 g/mol. The lowest BCUT2D eigenvalue weighted by Crippen LogP contribution is -1.85. The fourth-order valence-electron chi connectivity index (χ4n) is 0.966. The largest absolute Gasteiger partial charge is 0.278 e. The molecule has 0 aliphatic heterocycles. The first-order valence-corrected chi connectivity index (χ1v) is 5.28. The predicted octanol–water partition coefficient (Wildman–Crippen LogP) is 2.95. The Bertz CT molecular complexity index is 49.2. The van der Waals surface area contributed by atoms with Crippen LogP contribution < -0.4 is 5.14 Å². The normalized spacial score (nSPS) is 10.2. The van der Waals surface area contributed by atoms with Gasteiger partial charge >= 0.3 is 0 Å². The Kier molecular flexibility index (Phi) is 9.60. The SMILES string of the molecule is CCCCCCCCSN. The van der Waals surface area contributed by atoms with E-state index in [9.17, 15) is 0 Å². The molecule has 0 aromatic carbocycles. The number of hydrogen-bond donors (Lipinski definition) is 1. The second-order valence-electron chi connectivity index (χ2n) is 2.64. The number of hydrogen-bond acceptors (Lipinski definition) is 2. The second kappa shape index (κ2) is 9.31. The molecule has 2 heteroatoms. The zero-order valence-corrected chi connectivity index (χ0v) is 7.75. The van der Waals surface area contributed by atoms with E-state index in [1.807, 2.05) is 0 Å². The molecule has 0 aromatic rings. The van der Waals surface area contributed by atoms with Gasteiger partial charge in [-0.15, -0.1) is 0 Å². The molecule has 0 saturated heterocycles. The van der Waals surface area contributed by atoms with Gasteiger partial charge in [0.1, 0.15) is 0 Å². The molecule has 0 saturated carbocycles. The van der Waals surface area contributed by atoms with Crippen molar-refractivity contribution in [1.82, 2.24) is 0 Å². The first kappa shape index (κ1) is 10.3. The molecule has 0 rings (SSSR count). The van der Waals surface area contributed by atoms with Crippen LogP contribution in [0.15, 0.2) is 0 Å². The van der Waals surface area contributed by atoms with Crippen LogP contribution in [0.3, 0.4) is 0 Å². The molecular formula is C8H19NS. The fourth-order valence-corrected chi connectivity index (χ4v) is 1.34. The summed E-state index contributed by atoms with van der Waals surface area (Å²) in [5.74, 6) is 1.13. The third-order valence-corrected chi connectivity index (χ3v) is 2.14. The van der Waals surface area contributed by atoms with Crippen LogP contribution in [0.2, 0.25) is 0 Å². The molecule has 0 aromatic heterocycles. The van der Waals surface area contributed by atoms with Gasteiger partial charge in [-0.3, -0.25) is 5.14 Å². The van der Waals surface area contributed by atoms with Gasteiger partial charge in [-0.2, -0.15) is 0 Å².